The van der Waals surface area contributed by atoms with E-state index in [2.05, 4.69) is 21.9 Å². The molecule has 1 fully saturated rings. The predicted octanol–water partition coefficient (Wildman–Crippen LogP) is 1.27. The molecule has 0 amide bonds. The summed E-state index contributed by atoms with van der Waals surface area (Å²) < 4.78 is 27.8. The fourth-order valence-electron chi connectivity index (χ4n) is 2.50. The minimum absolute atomic E-state index is 0.256. The molecule has 1 atom stereocenters. The number of rotatable bonds is 8. The quantitative estimate of drug-likeness (QED) is 0.753. The average molecular weight is 332 g/mol. The number of sulfonamides is 1. The lowest BCUT2D eigenvalue weighted by molar-refractivity contribution is 0.260. The summed E-state index contributed by atoms with van der Waals surface area (Å²) in [4.78, 5) is 3.44. The molecule has 1 aromatic heterocycles. The normalized spacial score (nSPS) is 18.2. The van der Waals surface area contributed by atoms with Gasteiger partial charge in [0.15, 0.2) is 0 Å². The molecule has 0 spiro atoms. The molecule has 1 unspecified atom stereocenters. The highest BCUT2D eigenvalue weighted by Crippen LogP contribution is 2.22. The fourth-order valence-corrected chi connectivity index (χ4v) is 5.02. The van der Waals surface area contributed by atoms with E-state index in [1.54, 1.807) is 6.07 Å². The van der Waals surface area contributed by atoms with Crippen molar-refractivity contribution in [3.8, 4) is 0 Å². The first kappa shape index (κ1) is 16.9. The maximum absolute atomic E-state index is 12.3. The molecule has 21 heavy (non-hydrogen) atoms. The van der Waals surface area contributed by atoms with Gasteiger partial charge in [-0.25, -0.2) is 13.1 Å². The highest BCUT2D eigenvalue weighted by atomic mass is 32.2. The Morgan fingerprint density at radius 1 is 1.33 bits per heavy atom. The summed E-state index contributed by atoms with van der Waals surface area (Å²) in [7, 11) is -1.47. The van der Waals surface area contributed by atoms with Crippen LogP contribution >= 0.6 is 11.3 Å². The van der Waals surface area contributed by atoms with Gasteiger partial charge in [-0.05, 0) is 65.0 Å². The van der Waals surface area contributed by atoms with Crippen LogP contribution in [0.1, 0.15) is 24.6 Å². The molecule has 2 heterocycles. The number of likely N-dealkylation sites (N-methyl/N-ethyl adjacent to an activating group) is 1. The molecule has 1 aliphatic rings. The molecule has 1 saturated heterocycles. The summed E-state index contributed by atoms with van der Waals surface area (Å²) >= 11 is 1.36. The Kier molecular flexibility index (Phi) is 6.19. The lowest BCUT2D eigenvalue weighted by atomic mass is 10.3. The summed E-state index contributed by atoms with van der Waals surface area (Å²) in [5.41, 5.74) is 0. The molecule has 120 valence electrons. The van der Waals surface area contributed by atoms with Gasteiger partial charge in [-0.1, -0.05) is 0 Å². The van der Waals surface area contributed by atoms with Crippen LogP contribution in [-0.2, 0) is 16.4 Å². The fraction of sp³-hybridized carbons (Fsp3) is 0.714. The molecule has 1 aromatic rings. The summed E-state index contributed by atoms with van der Waals surface area (Å²) in [6.07, 6.45) is 3.30. The van der Waals surface area contributed by atoms with Gasteiger partial charge >= 0.3 is 0 Å². The molecule has 0 aromatic carbocycles. The van der Waals surface area contributed by atoms with Crippen molar-refractivity contribution in [2.45, 2.75) is 36.4 Å². The van der Waals surface area contributed by atoms with E-state index in [1.165, 1.54) is 24.2 Å². The zero-order valence-electron chi connectivity index (χ0n) is 12.8. The van der Waals surface area contributed by atoms with E-state index in [1.807, 2.05) is 13.1 Å². The Hall–Kier alpha value is -0.470. The monoisotopic (exact) mass is 331 g/mol. The van der Waals surface area contributed by atoms with Gasteiger partial charge < -0.3 is 5.32 Å². The maximum Gasteiger partial charge on any atom is 0.250 e. The van der Waals surface area contributed by atoms with E-state index in [4.69, 9.17) is 0 Å². The lowest BCUT2D eigenvalue weighted by Crippen LogP contribution is -2.40. The largest absolute Gasteiger partial charge is 0.319 e. The Balaban J connectivity index is 1.90. The first-order valence-corrected chi connectivity index (χ1v) is 9.80. The van der Waals surface area contributed by atoms with E-state index in [0.717, 1.165) is 30.9 Å². The predicted molar refractivity (Wildman–Crippen MR) is 87.4 cm³/mol. The molecular formula is C14H25N3O2S2. The minimum Gasteiger partial charge on any atom is -0.319 e. The third-order valence-electron chi connectivity index (χ3n) is 3.86. The summed E-state index contributed by atoms with van der Waals surface area (Å²) in [5, 5.41) is 3.07. The van der Waals surface area contributed by atoms with Crippen LogP contribution in [0.5, 0.6) is 0 Å². The first-order chi connectivity index (χ1) is 10.0. The molecule has 0 radical (unpaired) electrons. The van der Waals surface area contributed by atoms with Crippen molar-refractivity contribution in [2.75, 3.05) is 33.2 Å². The third-order valence-corrected chi connectivity index (χ3v) is 6.92. The lowest BCUT2D eigenvalue weighted by Gasteiger charge is -2.23. The number of hydrogen-bond donors (Lipinski definition) is 2. The van der Waals surface area contributed by atoms with Crippen LogP contribution in [0.2, 0.25) is 0 Å². The van der Waals surface area contributed by atoms with Crippen molar-refractivity contribution in [3.63, 3.8) is 0 Å². The number of thiophene rings is 1. The van der Waals surface area contributed by atoms with E-state index >= 15 is 0 Å². The van der Waals surface area contributed by atoms with Crippen LogP contribution in [0.3, 0.4) is 0 Å². The smallest absolute Gasteiger partial charge is 0.250 e. The highest BCUT2D eigenvalue weighted by molar-refractivity contribution is 7.91. The van der Waals surface area contributed by atoms with Crippen molar-refractivity contribution in [1.29, 1.82) is 0 Å². The van der Waals surface area contributed by atoms with E-state index in [9.17, 15) is 8.42 Å². The first-order valence-electron chi connectivity index (χ1n) is 7.50. The van der Waals surface area contributed by atoms with Gasteiger partial charge in [-0.3, -0.25) is 4.90 Å². The Bertz CT molecular complexity index is 536. The zero-order chi connectivity index (χ0) is 15.3. The summed E-state index contributed by atoms with van der Waals surface area (Å²) in [6, 6.07) is 3.87. The average Bonchev–Trinajstić information content (AvgIpc) is 3.13. The van der Waals surface area contributed by atoms with Crippen LogP contribution in [0, 0.1) is 0 Å². The SMILES string of the molecule is CNCCc1ccc(S(=O)(=O)NCC(C)N2CCCC2)s1. The topological polar surface area (TPSA) is 61.4 Å². The van der Waals surface area contributed by atoms with Crippen LogP contribution < -0.4 is 10.0 Å². The minimum atomic E-state index is -3.37. The molecular weight excluding hydrogens is 306 g/mol. The Morgan fingerprint density at radius 2 is 2.05 bits per heavy atom. The molecule has 2 rings (SSSR count). The number of hydrogen-bond acceptors (Lipinski definition) is 5. The standard InChI is InChI=1S/C14H25N3O2S2/c1-12(17-9-3-4-10-17)11-16-21(18,19)14-6-5-13(20-14)7-8-15-2/h5-6,12,15-16H,3-4,7-11H2,1-2H3. The second-order valence-corrected chi connectivity index (χ2v) is 8.68. The second-order valence-electron chi connectivity index (χ2n) is 5.52. The second kappa shape index (κ2) is 7.69. The zero-order valence-corrected chi connectivity index (χ0v) is 14.4. The highest BCUT2D eigenvalue weighted by Gasteiger charge is 2.22. The van der Waals surface area contributed by atoms with Gasteiger partial charge in [0.1, 0.15) is 4.21 Å². The molecule has 1 aliphatic heterocycles. The van der Waals surface area contributed by atoms with Crippen LogP contribution in [0.25, 0.3) is 0 Å². The van der Waals surface area contributed by atoms with Gasteiger partial charge in [-0.15, -0.1) is 11.3 Å². The number of likely N-dealkylation sites (tertiary alicyclic amines) is 1. The Labute approximate surface area is 131 Å². The van der Waals surface area contributed by atoms with Crippen molar-refractivity contribution in [3.05, 3.63) is 17.0 Å². The van der Waals surface area contributed by atoms with Crippen molar-refractivity contribution in [1.82, 2.24) is 14.9 Å². The molecule has 0 bridgehead atoms. The van der Waals surface area contributed by atoms with Crippen molar-refractivity contribution in [2.24, 2.45) is 0 Å². The van der Waals surface area contributed by atoms with Gasteiger partial charge in [0.05, 0.1) is 0 Å². The third kappa shape index (κ3) is 4.75. The number of nitrogens with one attached hydrogen (secondary N) is 2. The number of nitrogens with zero attached hydrogens (tertiary/aromatic N) is 1. The van der Waals surface area contributed by atoms with Gasteiger partial charge in [-0.2, -0.15) is 0 Å². The van der Waals surface area contributed by atoms with Crippen LogP contribution in [0.4, 0.5) is 0 Å². The molecule has 0 aliphatic carbocycles. The van der Waals surface area contributed by atoms with Gasteiger partial charge in [0, 0.05) is 17.5 Å². The summed E-state index contributed by atoms with van der Waals surface area (Å²) in [5.74, 6) is 0. The molecule has 5 nitrogen and oxygen atoms in total. The van der Waals surface area contributed by atoms with E-state index in [0.29, 0.717) is 10.8 Å². The van der Waals surface area contributed by atoms with E-state index < -0.39 is 10.0 Å². The Morgan fingerprint density at radius 3 is 2.71 bits per heavy atom. The van der Waals surface area contributed by atoms with Crippen molar-refractivity contribution < 1.29 is 8.42 Å². The molecule has 2 N–H and O–H groups in total. The molecule has 7 heteroatoms. The van der Waals surface area contributed by atoms with Crippen molar-refractivity contribution >= 4 is 21.4 Å². The van der Waals surface area contributed by atoms with Gasteiger partial charge in [0.2, 0.25) is 10.0 Å². The van der Waals surface area contributed by atoms with Gasteiger partial charge in [0.25, 0.3) is 0 Å². The molecule has 0 saturated carbocycles. The van der Waals surface area contributed by atoms with Crippen LogP contribution in [-0.4, -0.2) is 52.6 Å². The maximum atomic E-state index is 12.3. The summed E-state index contributed by atoms with van der Waals surface area (Å²) in [6.45, 7) is 5.58. The van der Waals surface area contributed by atoms with Crippen LogP contribution in [0.15, 0.2) is 16.3 Å². The van der Waals surface area contributed by atoms with E-state index in [-0.39, 0.29) is 6.04 Å².